The van der Waals surface area contributed by atoms with Crippen LogP contribution in [0.1, 0.15) is 24.5 Å². The minimum absolute atomic E-state index is 0.476. The Kier molecular flexibility index (Phi) is 7.77. The molecule has 0 saturated heterocycles. The summed E-state index contributed by atoms with van der Waals surface area (Å²) in [4.78, 5) is 1.23. The molecule has 2 rings (SSSR count). The number of thioether (sulfide) groups is 2. The van der Waals surface area contributed by atoms with Crippen LogP contribution in [0.25, 0.3) is 0 Å². The Bertz CT molecular complexity index is 654. The van der Waals surface area contributed by atoms with E-state index < -0.39 is 0 Å². The van der Waals surface area contributed by atoms with Crippen molar-refractivity contribution < 1.29 is 0 Å². The molecule has 5 heteroatoms. The fourth-order valence-electron chi connectivity index (χ4n) is 1.84. The minimum Gasteiger partial charge on any atom is -0.377 e. The van der Waals surface area contributed by atoms with Crippen molar-refractivity contribution in [2.45, 2.75) is 24.0 Å². The maximum atomic E-state index is 5.90. The highest BCUT2D eigenvalue weighted by Crippen LogP contribution is 2.22. The van der Waals surface area contributed by atoms with Gasteiger partial charge in [-0.2, -0.15) is 5.10 Å². The highest BCUT2D eigenvalue weighted by Gasteiger charge is 1.99. The molecule has 2 N–H and O–H groups in total. The Morgan fingerprint density at radius 2 is 1.83 bits per heavy atom. The number of rotatable bonds is 7. The normalized spacial score (nSPS) is 12.0. The van der Waals surface area contributed by atoms with E-state index in [0.29, 0.717) is 5.17 Å². The van der Waals surface area contributed by atoms with Crippen LogP contribution in [0.15, 0.2) is 69.7 Å². The zero-order chi connectivity index (χ0) is 16.3. The van der Waals surface area contributed by atoms with Gasteiger partial charge in [0, 0.05) is 16.2 Å². The average Bonchev–Trinajstić information content (AvgIpc) is 2.60. The van der Waals surface area contributed by atoms with Crippen LogP contribution < -0.4 is 5.73 Å². The quantitative estimate of drug-likeness (QED) is 0.341. The molecule has 0 spiro atoms. The second-order valence-electron chi connectivity index (χ2n) is 4.84. The zero-order valence-electron chi connectivity index (χ0n) is 13.2. The third kappa shape index (κ3) is 6.50. The van der Waals surface area contributed by atoms with E-state index in [9.17, 15) is 0 Å². The first-order valence-corrected chi connectivity index (χ1v) is 9.51. The van der Waals surface area contributed by atoms with E-state index in [1.54, 1.807) is 6.21 Å². The SMILES string of the molecule is CCCSc1ccccc1C=NN=C(N)SCc1ccccc1. The summed E-state index contributed by atoms with van der Waals surface area (Å²) in [5.41, 5.74) is 8.20. The maximum Gasteiger partial charge on any atom is 0.180 e. The van der Waals surface area contributed by atoms with Gasteiger partial charge in [-0.1, -0.05) is 67.2 Å². The fourth-order valence-corrected chi connectivity index (χ4v) is 3.34. The molecular formula is C18H21N3S2. The fraction of sp³-hybridized carbons (Fsp3) is 0.222. The first-order valence-electron chi connectivity index (χ1n) is 7.54. The van der Waals surface area contributed by atoms with Crippen molar-refractivity contribution in [3.8, 4) is 0 Å². The predicted octanol–water partition coefficient (Wildman–Crippen LogP) is 4.77. The van der Waals surface area contributed by atoms with Gasteiger partial charge in [-0.05, 0) is 23.8 Å². The van der Waals surface area contributed by atoms with E-state index in [0.717, 1.165) is 23.5 Å². The largest absolute Gasteiger partial charge is 0.377 e. The zero-order valence-corrected chi connectivity index (χ0v) is 14.8. The molecule has 0 aliphatic carbocycles. The Labute approximate surface area is 146 Å². The van der Waals surface area contributed by atoms with Crippen LogP contribution in [0.4, 0.5) is 0 Å². The van der Waals surface area contributed by atoms with E-state index in [4.69, 9.17) is 5.73 Å². The summed E-state index contributed by atoms with van der Waals surface area (Å²) in [7, 11) is 0. The second kappa shape index (κ2) is 10.1. The van der Waals surface area contributed by atoms with Crippen molar-refractivity contribution in [2.75, 3.05) is 5.75 Å². The molecule has 0 fully saturated rings. The molecule has 0 radical (unpaired) electrons. The Balaban J connectivity index is 1.92. The lowest BCUT2D eigenvalue weighted by atomic mass is 10.2. The number of hydrogen-bond acceptors (Lipinski definition) is 4. The molecule has 0 saturated carbocycles. The van der Waals surface area contributed by atoms with E-state index in [1.165, 1.54) is 22.2 Å². The molecule has 2 aromatic carbocycles. The highest BCUT2D eigenvalue weighted by atomic mass is 32.2. The molecule has 0 aromatic heterocycles. The number of nitrogens with two attached hydrogens (primary N) is 1. The van der Waals surface area contributed by atoms with Gasteiger partial charge in [0.1, 0.15) is 0 Å². The van der Waals surface area contributed by atoms with Crippen molar-refractivity contribution in [3.63, 3.8) is 0 Å². The van der Waals surface area contributed by atoms with Crippen LogP contribution in [0.5, 0.6) is 0 Å². The van der Waals surface area contributed by atoms with E-state index in [2.05, 4.69) is 35.3 Å². The van der Waals surface area contributed by atoms with Gasteiger partial charge in [0.15, 0.2) is 5.17 Å². The Morgan fingerprint density at radius 3 is 2.61 bits per heavy atom. The van der Waals surface area contributed by atoms with Gasteiger partial charge in [-0.15, -0.1) is 16.9 Å². The lowest BCUT2D eigenvalue weighted by Gasteiger charge is -2.03. The summed E-state index contributed by atoms with van der Waals surface area (Å²) in [5, 5.41) is 8.68. The van der Waals surface area contributed by atoms with Gasteiger partial charge in [0.25, 0.3) is 0 Å². The van der Waals surface area contributed by atoms with Crippen molar-refractivity contribution in [1.29, 1.82) is 0 Å². The van der Waals surface area contributed by atoms with E-state index in [1.807, 2.05) is 48.2 Å². The van der Waals surface area contributed by atoms with Gasteiger partial charge in [-0.3, -0.25) is 0 Å². The summed E-state index contributed by atoms with van der Waals surface area (Å²) < 4.78 is 0. The first-order chi connectivity index (χ1) is 11.3. The van der Waals surface area contributed by atoms with Crippen molar-refractivity contribution in [2.24, 2.45) is 15.9 Å². The van der Waals surface area contributed by atoms with E-state index in [-0.39, 0.29) is 0 Å². The van der Waals surface area contributed by atoms with Gasteiger partial charge >= 0.3 is 0 Å². The summed E-state index contributed by atoms with van der Waals surface area (Å²) in [5.74, 6) is 1.90. The van der Waals surface area contributed by atoms with Gasteiger partial charge in [-0.25, -0.2) is 0 Å². The first kappa shape index (κ1) is 17.6. The summed E-state index contributed by atoms with van der Waals surface area (Å²) in [6.07, 6.45) is 2.92. The molecule has 23 heavy (non-hydrogen) atoms. The van der Waals surface area contributed by atoms with Crippen LogP contribution in [-0.2, 0) is 5.75 Å². The molecule has 2 aromatic rings. The smallest absolute Gasteiger partial charge is 0.180 e. The number of amidine groups is 1. The molecular weight excluding hydrogens is 322 g/mol. The number of nitrogens with zero attached hydrogens (tertiary/aromatic N) is 2. The maximum absolute atomic E-state index is 5.90. The number of benzene rings is 2. The van der Waals surface area contributed by atoms with Crippen molar-refractivity contribution in [1.82, 2.24) is 0 Å². The third-order valence-electron chi connectivity index (χ3n) is 2.96. The minimum atomic E-state index is 0.476. The van der Waals surface area contributed by atoms with E-state index >= 15 is 0 Å². The average molecular weight is 344 g/mol. The molecule has 0 atom stereocenters. The van der Waals surface area contributed by atoms with Crippen LogP contribution in [0, 0.1) is 0 Å². The third-order valence-corrected chi connectivity index (χ3v) is 5.11. The summed E-state index contributed by atoms with van der Waals surface area (Å²) >= 11 is 3.33. The van der Waals surface area contributed by atoms with Crippen molar-refractivity contribution >= 4 is 34.9 Å². The molecule has 0 aliphatic rings. The van der Waals surface area contributed by atoms with Gasteiger partial charge < -0.3 is 5.73 Å². The van der Waals surface area contributed by atoms with Crippen LogP contribution in [-0.4, -0.2) is 17.1 Å². The molecule has 0 aliphatic heterocycles. The van der Waals surface area contributed by atoms with Gasteiger partial charge in [0.05, 0.1) is 6.21 Å². The molecule has 3 nitrogen and oxygen atoms in total. The highest BCUT2D eigenvalue weighted by molar-refractivity contribution is 8.13. The van der Waals surface area contributed by atoms with Crippen LogP contribution >= 0.6 is 23.5 Å². The van der Waals surface area contributed by atoms with Crippen LogP contribution in [0.2, 0.25) is 0 Å². The summed E-state index contributed by atoms with van der Waals surface area (Å²) in [6.45, 7) is 2.18. The van der Waals surface area contributed by atoms with Crippen molar-refractivity contribution in [3.05, 3.63) is 65.7 Å². The monoisotopic (exact) mass is 343 g/mol. The molecule has 0 unspecified atom stereocenters. The van der Waals surface area contributed by atoms with Crippen LogP contribution in [0.3, 0.4) is 0 Å². The standard InChI is InChI=1S/C18H21N3S2/c1-2-12-22-17-11-7-6-10-16(17)13-20-21-18(19)23-14-15-8-4-3-5-9-15/h3-11,13H,2,12,14H2,1H3,(H2,19,21). The predicted molar refractivity (Wildman–Crippen MR) is 104 cm³/mol. The Hall–Kier alpha value is -1.72. The summed E-state index contributed by atoms with van der Waals surface area (Å²) in [6, 6.07) is 18.4. The lowest BCUT2D eigenvalue weighted by molar-refractivity contribution is 1.10. The lowest BCUT2D eigenvalue weighted by Crippen LogP contribution is -2.06. The molecule has 0 amide bonds. The topological polar surface area (TPSA) is 50.7 Å². The molecule has 0 bridgehead atoms. The second-order valence-corrected chi connectivity index (χ2v) is 6.98. The molecule has 120 valence electrons. The number of hydrogen-bond donors (Lipinski definition) is 1. The molecule has 0 heterocycles. The van der Waals surface area contributed by atoms with Gasteiger partial charge in [0.2, 0.25) is 0 Å². The Morgan fingerprint density at radius 1 is 1.09 bits per heavy atom.